The molecule has 2 aromatic rings. The first kappa shape index (κ1) is 16.0. The first-order valence-electron chi connectivity index (χ1n) is 5.66. The maximum atomic E-state index is 11.0. The van der Waals surface area contributed by atoms with Crippen LogP contribution in [0.3, 0.4) is 0 Å². The van der Waals surface area contributed by atoms with Gasteiger partial charge in [0.15, 0.2) is 0 Å². The summed E-state index contributed by atoms with van der Waals surface area (Å²) < 4.78 is 0. The van der Waals surface area contributed by atoms with Crippen molar-refractivity contribution in [3.63, 3.8) is 0 Å². The molecule has 0 aliphatic carbocycles. The molecule has 0 bridgehead atoms. The maximum absolute atomic E-state index is 11.0. The lowest BCUT2D eigenvalue weighted by atomic mass is 9.99. The van der Waals surface area contributed by atoms with Crippen LogP contribution in [0.1, 0.15) is 28.1 Å². The summed E-state index contributed by atoms with van der Waals surface area (Å²) in [5, 5.41) is 18.1. The molecule has 0 saturated carbocycles. The molecule has 0 atom stereocenters. The van der Waals surface area contributed by atoms with Gasteiger partial charge in [0.1, 0.15) is 0 Å². The van der Waals surface area contributed by atoms with Crippen LogP contribution >= 0.6 is 0 Å². The summed E-state index contributed by atoms with van der Waals surface area (Å²) in [6.07, 6.45) is 0. The van der Waals surface area contributed by atoms with Crippen LogP contribution in [0, 0.1) is 0 Å². The molecule has 0 radical (unpaired) electrons. The Bertz CT molecular complexity index is 649. The Morgan fingerprint density at radius 3 is 1.38 bits per heavy atom. The third-order valence-electron chi connectivity index (χ3n) is 2.90. The highest BCUT2D eigenvalue weighted by Crippen LogP contribution is 2.26. The van der Waals surface area contributed by atoms with Crippen LogP contribution in [-0.2, 0) is 0 Å². The smallest absolute Gasteiger partial charge is 0.337 e. The van der Waals surface area contributed by atoms with Crippen LogP contribution in [0.2, 0.25) is 0 Å². The third-order valence-corrected chi connectivity index (χ3v) is 2.90. The second kappa shape index (κ2) is 5.96. The van der Waals surface area contributed by atoms with E-state index in [1.807, 2.05) is 0 Å². The van der Waals surface area contributed by atoms with E-state index >= 15 is 0 Å². The van der Waals surface area contributed by atoms with Gasteiger partial charge in [0.25, 0.3) is 0 Å². The van der Waals surface area contributed by atoms with Crippen molar-refractivity contribution < 1.29 is 19.8 Å². The molecular weight excluding hydrogens is 272 g/mol. The van der Waals surface area contributed by atoms with Gasteiger partial charge in [0, 0.05) is 11.4 Å². The summed E-state index contributed by atoms with van der Waals surface area (Å²) in [7, 11) is 0. The predicted molar refractivity (Wildman–Crippen MR) is 81.4 cm³/mol. The summed E-state index contributed by atoms with van der Waals surface area (Å²) in [4.78, 5) is 22.1. The van der Waals surface area contributed by atoms with Gasteiger partial charge >= 0.3 is 11.9 Å². The Labute approximate surface area is 121 Å². The van der Waals surface area contributed by atoms with Crippen molar-refractivity contribution in [1.29, 1.82) is 0 Å². The molecule has 2 rings (SSSR count). The van der Waals surface area contributed by atoms with Crippen molar-refractivity contribution in [2.45, 2.75) is 7.43 Å². The summed E-state index contributed by atoms with van der Waals surface area (Å²) in [5.74, 6) is -2.28. The maximum Gasteiger partial charge on any atom is 0.337 e. The molecule has 2 aromatic carbocycles. The Balaban J connectivity index is 0.00000220. The molecule has 0 aromatic heterocycles. The van der Waals surface area contributed by atoms with Crippen LogP contribution < -0.4 is 11.5 Å². The molecule has 21 heavy (non-hydrogen) atoms. The molecule has 0 aliphatic heterocycles. The molecule has 0 unspecified atom stereocenters. The van der Waals surface area contributed by atoms with E-state index < -0.39 is 11.9 Å². The highest BCUT2D eigenvalue weighted by Gasteiger charge is 2.12. The van der Waals surface area contributed by atoms with E-state index in [9.17, 15) is 9.59 Å². The molecule has 0 heterocycles. The summed E-state index contributed by atoms with van der Waals surface area (Å²) in [6.45, 7) is 0. The Morgan fingerprint density at radius 1 is 0.762 bits per heavy atom. The SMILES string of the molecule is C.Nc1ccc(-c2ccc(N)c(C(=O)O)c2)cc1C(=O)O. The summed E-state index contributed by atoms with van der Waals surface area (Å²) in [5.41, 5.74) is 12.5. The standard InChI is InChI=1S/C14H12N2O4.CH4/c15-11-3-1-7(5-9(11)13(17)18)8-2-4-12(16)10(6-8)14(19)20;/h1-6H,15-16H2,(H,17,18)(H,19,20);1H4. The quantitative estimate of drug-likeness (QED) is 0.643. The summed E-state index contributed by atoms with van der Waals surface area (Å²) >= 11 is 0. The molecular formula is C15H16N2O4. The topological polar surface area (TPSA) is 127 Å². The van der Waals surface area contributed by atoms with Crippen molar-refractivity contribution in [3.8, 4) is 11.1 Å². The number of nitrogen functional groups attached to an aromatic ring is 2. The zero-order valence-corrected chi connectivity index (χ0v) is 10.3. The average Bonchev–Trinajstić information content (AvgIpc) is 2.39. The zero-order chi connectivity index (χ0) is 14.9. The van der Waals surface area contributed by atoms with Gasteiger partial charge in [0.05, 0.1) is 11.1 Å². The number of hydrogen-bond donors (Lipinski definition) is 4. The number of carboxylic acids is 2. The van der Waals surface area contributed by atoms with Crippen LogP contribution in [0.25, 0.3) is 11.1 Å². The molecule has 0 fully saturated rings. The number of rotatable bonds is 3. The van der Waals surface area contributed by atoms with E-state index in [4.69, 9.17) is 21.7 Å². The summed E-state index contributed by atoms with van der Waals surface area (Å²) in [6, 6.07) is 8.98. The fraction of sp³-hybridized carbons (Fsp3) is 0.0667. The van der Waals surface area contributed by atoms with E-state index in [0.29, 0.717) is 11.1 Å². The number of aromatic carboxylic acids is 2. The Kier molecular flexibility index (Phi) is 4.55. The number of carboxylic acid groups (broad SMARTS) is 2. The first-order chi connectivity index (χ1) is 9.40. The second-order valence-electron chi connectivity index (χ2n) is 4.21. The van der Waals surface area contributed by atoms with Gasteiger partial charge in [-0.15, -0.1) is 0 Å². The molecule has 6 nitrogen and oxygen atoms in total. The van der Waals surface area contributed by atoms with Gasteiger partial charge in [-0.05, 0) is 35.4 Å². The molecule has 110 valence electrons. The van der Waals surface area contributed by atoms with E-state index in [1.165, 1.54) is 24.3 Å². The number of nitrogens with two attached hydrogens (primary N) is 2. The van der Waals surface area contributed by atoms with E-state index in [0.717, 1.165) is 0 Å². The molecule has 6 heteroatoms. The first-order valence-corrected chi connectivity index (χ1v) is 5.66. The van der Waals surface area contributed by atoms with Gasteiger partial charge < -0.3 is 21.7 Å². The van der Waals surface area contributed by atoms with Crippen molar-refractivity contribution >= 4 is 23.3 Å². The van der Waals surface area contributed by atoms with E-state index in [-0.39, 0.29) is 29.9 Å². The monoisotopic (exact) mass is 288 g/mol. The third kappa shape index (κ3) is 3.11. The highest BCUT2D eigenvalue weighted by atomic mass is 16.4. The number of benzene rings is 2. The minimum Gasteiger partial charge on any atom is -0.478 e. The molecule has 6 N–H and O–H groups in total. The lowest BCUT2D eigenvalue weighted by Gasteiger charge is -2.08. The van der Waals surface area contributed by atoms with Gasteiger partial charge in [-0.1, -0.05) is 19.6 Å². The Hall–Kier alpha value is -3.02. The predicted octanol–water partition coefficient (Wildman–Crippen LogP) is 2.55. The molecule has 0 spiro atoms. The van der Waals surface area contributed by atoms with Crippen LogP contribution in [-0.4, -0.2) is 22.2 Å². The average molecular weight is 288 g/mol. The van der Waals surface area contributed by atoms with Gasteiger partial charge in [-0.25, -0.2) is 9.59 Å². The number of anilines is 2. The number of carbonyl (C=O) groups is 2. The molecule has 0 amide bonds. The van der Waals surface area contributed by atoms with Gasteiger partial charge in [0.2, 0.25) is 0 Å². The van der Waals surface area contributed by atoms with E-state index in [2.05, 4.69) is 0 Å². The van der Waals surface area contributed by atoms with Crippen molar-refractivity contribution in [3.05, 3.63) is 47.5 Å². The van der Waals surface area contributed by atoms with Gasteiger partial charge in [-0.2, -0.15) is 0 Å². The van der Waals surface area contributed by atoms with Crippen LogP contribution in [0.4, 0.5) is 11.4 Å². The minimum absolute atomic E-state index is 0. The van der Waals surface area contributed by atoms with E-state index in [1.54, 1.807) is 12.1 Å². The van der Waals surface area contributed by atoms with Crippen molar-refractivity contribution in [2.75, 3.05) is 11.5 Å². The fourth-order valence-corrected chi connectivity index (χ4v) is 1.84. The second-order valence-corrected chi connectivity index (χ2v) is 4.21. The van der Waals surface area contributed by atoms with Gasteiger partial charge in [-0.3, -0.25) is 0 Å². The molecule has 0 saturated heterocycles. The lowest BCUT2D eigenvalue weighted by Crippen LogP contribution is -2.04. The fourth-order valence-electron chi connectivity index (χ4n) is 1.84. The normalized spacial score (nSPS) is 9.71. The van der Waals surface area contributed by atoms with Crippen molar-refractivity contribution in [1.82, 2.24) is 0 Å². The largest absolute Gasteiger partial charge is 0.478 e. The molecule has 0 aliphatic rings. The van der Waals surface area contributed by atoms with Crippen molar-refractivity contribution in [2.24, 2.45) is 0 Å². The lowest BCUT2D eigenvalue weighted by molar-refractivity contribution is 0.0687. The van der Waals surface area contributed by atoms with Crippen LogP contribution in [0.5, 0.6) is 0 Å². The van der Waals surface area contributed by atoms with Crippen LogP contribution in [0.15, 0.2) is 36.4 Å². The minimum atomic E-state index is -1.14. The highest BCUT2D eigenvalue weighted by molar-refractivity contribution is 5.97. The zero-order valence-electron chi connectivity index (χ0n) is 10.3. The Morgan fingerprint density at radius 2 is 1.10 bits per heavy atom. The number of hydrogen-bond acceptors (Lipinski definition) is 4.